The van der Waals surface area contributed by atoms with Crippen LogP contribution in [0.5, 0.6) is 11.5 Å². The Balaban J connectivity index is 1.37. The molecule has 2 aromatic carbocycles. The van der Waals surface area contributed by atoms with Gasteiger partial charge < -0.3 is 14.8 Å². The molecule has 1 fully saturated rings. The molecule has 3 aliphatic rings. The lowest BCUT2D eigenvalue weighted by molar-refractivity contribution is -0.136. The second-order valence-corrected chi connectivity index (χ2v) is 7.23. The molecule has 10 heteroatoms. The minimum absolute atomic E-state index is 0.0423. The van der Waals surface area contributed by atoms with Gasteiger partial charge in [-0.15, -0.1) is 0 Å². The third-order valence-electron chi connectivity index (χ3n) is 5.33. The number of nitrogens with zero attached hydrogens (tertiary/aromatic N) is 1. The molecule has 2 N–H and O–H groups in total. The number of rotatable bonds is 3. The minimum atomic E-state index is -1.04. The highest BCUT2D eigenvalue weighted by Crippen LogP contribution is 2.33. The first-order valence-electron chi connectivity index (χ1n) is 9.49. The summed E-state index contributed by atoms with van der Waals surface area (Å²) in [5, 5.41) is 4.83. The van der Waals surface area contributed by atoms with E-state index in [1.807, 2.05) is 0 Å². The van der Waals surface area contributed by atoms with Gasteiger partial charge in [0.2, 0.25) is 18.6 Å². The Bertz CT molecular complexity index is 1190. The third kappa shape index (κ3) is 3.08. The van der Waals surface area contributed by atoms with Crippen LogP contribution in [-0.4, -0.2) is 47.3 Å². The average Bonchev–Trinajstić information content (AvgIpc) is 3.31. The minimum Gasteiger partial charge on any atom is -0.454 e. The van der Waals surface area contributed by atoms with Crippen molar-refractivity contribution in [2.45, 2.75) is 18.9 Å². The molecule has 2 aromatic rings. The smallest absolute Gasteiger partial charge is 0.262 e. The zero-order valence-corrected chi connectivity index (χ0v) is 16.0. The molecule has 1 unspecified atom stereocenters. The molecule has 0 saturated carbocycles. The molecule has 10 nitrogen and oxygen atoms in total. The van der Waals surface area contributed by atoms with E-state index in [1.165, 1.54) is 18.2 Å². The van der Waals surface area contributed by atoms with E-state index >= 15 is 0 Å². The number of amides is 5. The molecular weight excluding hydrogens is 406 g/mol. The molecular formula is C21H15N3O7. The predicted octanol–water partition coefficient (Wildman–Crippen LogP) is 1.07. The summed E-state index contributed by atoms with van der Waals surface area (Å²) in [6, 6.07) is 8.03. The number of benzene rings is 2. The number of anilines is 1. The lowest BCUT2D eigenvalue weighted by atomic mass is 10.0. The van der Waals surface area contributed by atoms with Gasteiger partial charge in [-0.05, 0) is 42.8 Å². The zero-order chi connectivity index (χ0) is 21.7. The fourth-order valence-corrected chi connectivity index (χ4v) is 3.79. The molecule has 31 heavy (non-hydrogen) atoms. The molecule has 5 rings (SSSR count). The van der Waals surface area contributed by atoms with Gasteiger partial charge in [-0.25, -0.2) is 0 Å². The maximum absolute atomic E-state index is 12.9. The van der Waals surface area contributed by atoms with Gasteiger partial charge in [-0.1, -0.05) is 0 Å². The summed E-state index contributed by atoms with van der Waals surface area (Å²) in [6.45, 7) is 0.0883. The normalized spacial score (nSPS) is 19.4. The summed E-state index contributed by atoms with van der Waals surface area (Å²) in [5.74, 6) is -1.80. The van der Waals surface area contributed by atoms with E-state index in [-0.39, 0.29) is 30.8 Å². The van der Waals surface area contributed by atoms with E-state index in [9.17, 15) is 24.0 Å². The van der Waals surface area contributed by atoms with Crippen LogP contribution in [0.15, 0.2) is 36.4 Å². The number of hydrogen-bond donors (Lipinski definition) is 2. The Morgan fingerprint density at radius 1 is 0.968 bits per heavy atom. The van der Waals surface area contributed by atoms with Crippen LogP contribution in [0.2, 0.25) is 0 Å². The Hall–Kier alpha value is -4.21. The van der Waals surface area contributed by atoms with Crippen molar-refractivity contribution in [1.82, 2.24) is 10.2 Å². The Morgan fingerprint density at radius 2 is 1.74 bits per heavy atom. The predicted molar refractivity (Wildman–Crippen MR) is 104 cm³/mol. The molecule has 156 valence electrons. The number of piperidine rings is 1. The van der Waals surface area contributed by atoms with Crippen molar-refractivity contribution in [3.8, 4) is 11.5 Å². The van der Waals surface area contributed by atoms with Gasteiger partial charge in [0.05, 0.1) is 11.1 Å². The molecule has 0 aromatic heterocycles. The summed E-state index contributed by atoms with van der Waals surface area (Å²) < 4.78 is 10.5. The van der Waals surface area contributed by atoms with Gasteiger partial charge in [-0.3, -0.25) is 34.2 Å². The summed E-state index contributed by atoms with van der Waals surface area (Å²) >= 11 is 0. The highest BCUT2D eigenvalue weighted by atomic mass is 16.7. The van der Waals surface area contributed by atoms with E-state index in [1.54, 1.807) is 18.2 Å². The van der Waals surface area contributed by atoms with Crippen LogP contribution in [0.25, 0.3) is 0 Å². The van der Waals surface area contributed by atoms with Crippen LogP contribution < -0.4 is 20.1 Å². The van der Waals surface area contributed by atoms with Gasteiger partial charge in [0, 0.05) is 17.7 Å². The maximum atomic E-state index is 12.9. The molecule has 5 amide bonds. The van der Waals surface area contributed by atoms with Crippen molar-refractivity contribution in [2.24, 2.45) is 0 Å². The Kier molecular flexibility index (Phi) is 4.21. The Morgan fingerprint density at radius 3 is 2.55 bits per heavy atom. The molecule has 1 atom stereocenters. The van der Waals surface area contributed by atoms with Crippen LogP contribution in [0.1, 0.15) is 43.9 Å². The number of hydrogen-bond acceptors (Lipinski definition) is 7. The van der Waals surface area contributed by atoms with Crippen molar-refractivity contribution >= 4 is 35.2 Å². The molecule has 1 saturated heterocycles. The third-order valence-corrected chi connectivity index (χ3v) is 5.33. The summed E-state index contributed by atoms with van der Waals surface area (Å²) in [4.78, 5) is 62.5. The first-order valence-corrected chi connectivity index (χ1v) is 9.49. The van der Waals surface area contributed by atoms with Crippen LogP contribution >= 0.6 is 0 Å². The average molecular weight is 421 g/mol. The van der Waals surface area contributed by atoms with E-state index in [0.717, 1.165) is 4.90 Å². The van der Waals surface area contributed by atoms with Gasteiger partial charge in [-0.2, -0.15) is 0 Å². The molecule has 3 heterocycles. The second kappa shape index (κ2) is 6.94. The van der Waals surface area contributed by atoms with Crippen molar-refractivity contribution in [2.75, 3.05) is 12.1 Å². The second-order valence-electron chi connectivity index (χ2n) is 7.23. The van der Waals surface area contributed by atoms with E-state index < -0.39 is 35.6 Å². The monoisotopic (exact) mass is 421 g/mol. The molecule has 0 spiro atoms. The van der Waals surface area contributed by atoms with E-state index in [0.29, 0.717) is 22.7 Å². The van der Waals surface area contributed by atoms with E-state index in [2.05, 4.69) is 10.6 Å². The molecule has 0 radical (unpaired) electrons. The van der Waals surface area contributed by atoms with Gasteiger partial charge in [0.25, 0.3) is 17.7 Å². The number of imide groups is 2. The lowest BCUT2D eigenvalue weighted by Crippen LogP contribution is -2.54. The van der Waals surface area contributed by atoms with Gasteiger partial charge >= 0.3 is 0 Å². The van der Waals surface area contributed by atoms with Crippen molar-refractivity contribution in [1.29, 1.82) is 0 Å². The first kappa shape index (κ1) is 18.8. The van der Waals surface area contributed by atoms with Gasteiger partial charge in [0.1, 0.15) is 6.04 Å². The maximum Gasteiger partial charge on any atom is 0.262 e. The van der Waals surface area contributed by atoms with Crippen LogP contribution in [0, 0.1) is 0 Å². The standard InChI is InChI=1S/C21H15N3O7/c25-17-6-4-14(19(27)23-17)24-20(28)12-3-2-11(8-13(12)21(24)29)22-18(26)10-1-5-15-16(7-10)31-9-30-15/h1-3,5,7-8,14H,4,6,9H2,(H,22,26)(H,23,25,27). The molecule has 0 aliphatic carbocycles. The fourth-order valence-electron chi connectivity index (χ4n) is 3.79. The summed E-state index contributed by atoms with van der Waals surface area (Å²) in [5.41, 5.74) is 0.860. The largest absolute Gasteiger partial charge is 0.454 e. The molecule has 0 bridgehead atoms. The number of nitrogens with one attached hydrogen (secondary N) is 2. The molecule has 3 aliphatic heterocycles. The SMILES string of the molecule is O=C1CCC(N2C(=O)c3ccc(NC(=O)c4ccc5c(c4)OCO5)cc3C2=O)C(=O)N1. The topological polar surface area (TPSA) is 131 Å². The van der Waals surface area contributed by atoms with Crippen LogP contribution in [0.3, 0.4) is 0 Å². The van der Waals surface area contributed by atoms with Crippen molar-refractivity contribution in [3.63, 3.8) is 0 Å². The Labute approximate surface area is 175 Å². The zero-order valence-electron chi connectivity index (χ0n) is 16.0. The highest BCUT2D eigenvalue weighted by molar-refractivity contribution is 6.24. The summed E-state index contributed by atoms with van der Waals surface area (Å²) in [7, 11) is 0. The quantitative estimate of drug-likeness (QED) is 0.709. The van der Waals surface area contributed by atoms with Crippen LogP contribution in [0.4, 0.5) is 5.69 Å². The number of fused-ring (bicyclic) bond motifs is 2. The fraction of sp³-hybridized carbons (Fsp3) is 0.190. The number of carbonyl (C=O) groups is 5. The number of ether oxygens (including phenoxy) is 2. The lowest BCUT2D eigenvalue weighted by Gasteiger charge is -2.27. The van der Waals surface area contributed by atoms with E-state index in [4.69, 9.17) is 9.47 Å². The number of carbonyl (C=O) groups excluding carboxylic acids is 5. The van der Waals surface area contributed by atoms with Crippen LogP contribution in [-0.2, 0) is 9.59 Å². The first-order chi connectivity index (χ1) is 14.9. The van der Waals surface area contributed by atoms with Crippen molar-refractivity contribution < 1.29 is 33.4 Å². The highest BCUT2D eigenvalue weighted by Gasteiger charge is 2.44. The van der Waals surface area contributed by atoms with Gasteiger partial charge in [0.15, 0.2) is 11.5 Å². The summed E-state index contributed by atoms with van der Waals surface area (Å²) in [6.07, 6.45) is 0.116. The van der Waals surface area contributed by atoms with Crippen molar-refractivity contribution in [3.05, 3.63) is 53.1 Å².